The Balaban J connectivity index is 1.70. The third kappa shape index (κ3) is 5.35. The minimum absolute atomic E-state index is 0.183. The number of likely N-dealkylation sites (N-methyl/N-ethyl adjacent to an activating group) is 1. The van der Waals surface area contributed by atoms with Gasteiger partial charge in [-0.05, 0) is 63.2 Å². The van der Waals surface area contributed by atoms with Crippen LogP contribution in [0.25, 0.3) is 17.4 Å². The van der Waals surface area contributed by atoms with E-state index in [0.717, 1.165) is 5.56 Å². The molecule has 2 aromatic heterocycles. The first-order valence-electron chi connectivity index (χ1n) is 13.2. The van der Waals surface area contributed by atoms with Crippen molar-refractivity contribution in [2.75, 3.05) is 27.3 Å². The summed E-state index contributed by atoms with van der Waals surface area (Å²) in [6.07, 6.45) is 1.70. The van der Waals surface area contributed by atoms with Gasteiger partial charge in [0.15, 0.2) is 4.80 Å². The molecule has 0 N–H and O–H groups in total. The molecule has 0 saturated heterocycles. The van der Waals surface area contributed by atoms with Gasteiger partial charge in [0.1, 0.15) is 29.1 Å². The third-order valence-corrected chi connectivity index (χ3v) is 8.26. The quantitative estimate of drug-likeness (QED) is 0.287. The van der Waals surface area contributed by atoms with Crippen molar-refractivity contribution in [3.63, 3.8) is 0 Å². The lowest BCUT2D eigenvalue weighted by atomic mass is 9.93. The zero-order chi connectivity index (χ0) is 29.3. The monoisotopic (exact) mass is 591 g/mol. The minimum Gasteiger partial charge on any atom is -0.497 e. The lowest BCUT2D eigenvalue weighted by Crippen LogP contribution is -2.43. The fourth-order valence-electron chi connectivity index (χ4n) is 4.98. The normalized spacial score (nSPS) is 15.0. The van der Waals surface area contributed by atoms with Crippen LogP contribution in [0.2, 0.25) is 5.02 Å². The van der Waals surface area contributed by atoms with E-state index < -0.39 is 6.04 Å². The van der Waals surface area contributed by atoms with Crippen molar-refractivity contribution in [2.45, 2.75) is 26.8 Å². The molecule has 0 spiro atoms. The summed E-state index contributed by atoms with van der Waals surface area (Å²) in [4.78, 5) is 34.9. The average Bonchev–Trinajstić information content (AvgIpc) is 3.56. The van der Waals surface area contributed by atoms with E-state index in [4.69, 9.17) is 30.5 Å². The highest BCUT2D eigenvalue weighted by molar-refractivity contribution is 7.07. The molecule has 0 fully saturated rings. The van der Waals surface area contributed by atoms with Crippen molar-refractivity contribution in [2.24, 2.45) is 4.99 Å². The second-order valence-electron chi connectivity index (χ2n) is 9.38. The fourth-order valence-corrected chi connectivity index (χ4v) is 6.20. The van der Waals surface area contributed by atoms with Crippen molar-refractivity contribution in [3.8, 4) is 22.8 Å². The molecule has 0 radical (unpaired) electrons. The van der Waals surface area contributed by atoms with E-state index in [1.807, 2.05) is 38.1 Å². The number of nitrogens with zero attached hydrogens (tertiary/aromatic N) is 3. The summed E-state index contributed by atoms with van der Waals surface area (Å²) >= 11 is 7.39. The van der Waals surface area contributed by atoms with Gasteiger partial charge in [0.25, 0.3) is 11.5 Å². The van der Waals surface area contributed by atoms with E-state index in [0.29, 0.717) is 67.3 Å². The van der Waals surface area contributed by atoms with Crippen LogP contribution in [0.5, 0.6) is 11.5 Å². The number of rotatable bonds is 8. The van der Waals surface area contributed by atoms with Gasteiger partial charge in [0.2, 0.25) is 0 Å². The first-order valence-corrected chi connectivity index (χ1v) is 14.4. The molecule has 1 aliphatic rings. The smallest absolute Gasteiger partial charge is 0.271 e. The number of hydrogen-bond donors (Lipinski definition) is 0. The number of halogens is 1. The molecule has 2 aromatic carbocycles. The molecule has 8 nitrogen and oxygen atoms in total. The van der Waals surface area contributed by atoms with Crippen molar-refractivity contribution in [3.05, 3.63) is 102 Å². The van der Waals surface area contributed by atoms with Crippen LogP contribution < -0.4 is 24.4 Å². The minimum atomic E-state index is -0.773. The number of amides is 1. The maximum absolute atomic E-state index is 14.1. The number of thiazole rings is 1. The van der Waals surface area contributed by atoms with Gasteiger partial charge >= 0.3 is 0 Å². The van der Waals surface area contributed by atoms with E-state index >= 15 is 0 Å². The van der Waals surface area contributed by atoms with E-state index in [1.54, 1.807) is 67.0 Å². The summed E-state index contributed by atoms with van der Waals surface area (Å²) in [7, 11) is 3.13. The molecule has 0 aliphatic carbocycles. The summed E-state index contributed by atoms with van der Waals surface area (Å²) in [5, 5.41) is 0.604. The SMILES string of the molecule is CCN(CC)C(=O)C1=C(C)N=c2s/c(=C/c3ccc(-c4cccc(Cl)c4)o3)c(=O)n2[C@H]1c1cc(OC)ccc1OC. The van der Waals surface area contributed by atoms with Gasteiger partial charge in [-0.2, -0.15) is 0 Å². The molecule has 212 valence electrons. The molecule has 5 rings (SSSR count). The van der Waals surface area contributed by atoms with Gasteiger partial charge < -0.3 is 18.8 Å². The maximum Gasteiger partial charge on any atom is 0.271 e. The van der Waals surface area contributed by atoms with Crippen LogP contribution in [0.1, 0.15) is 38.1 Å². The summed E-state index contributed by atoms with van der Waals surface area (Å²) in [5.41, 5.74) is 2.14. The predicted octanol–water partition coefficient (Wildman–Crippen LogP) is 5.03. The first kappa shape index (κ1) is 28.4. The largest absolute Gasteiger partial charge is 0.497 e. The first-order chi connectivity index (χ1) is 19.8. The molecule has 0 bridgehead atoms. The Labute approximate surface area is 246 Å². The Morgan fingerprint density at radius 3 is 2.59 bits per heavy atom. The Bertz CT molecular complexity index is 1830. The second kappa shape index (κ2) is 11.8. The molecule has 1 aliphatic heterocycles. The number of hydrogen-bond acceptors (Lipinski definition) is 7. The highest BCUT2D eigenvalue weighted by atomic mass is 35.5. The van der Waals surface area contributed by atoms with Crippen LogP contribution >= 0.6 is 22.9 Å². The third-order valence-electron chi connectivity index (χ3n) is 7.04. The molecular formula is C31H30ClN3O5S. The lowest BCUT2D eigenvalue weighted by Gasteiger charge is -2.30. The number of aromatic nitrogens is 1. The Morgan fingerprint density at radius 1 is 1.12 bits per heavy atom. The molecule has 10 heteroatoms. The van der Waals surface area contributed by atoms with Gasteiger partial charge in [-0.3, -0.25) is 14.2 Å². The molecule has 3 heterocycles. The van der Waals surface area contributed by atoms with Crippen LogP contribution in [0, 0.1) is 0 Å². The summed E-state index contributed by atoms with van der Waals surface area (Å²) < 4.78 is 19.2. The predicted molar refractivity (Wildman–Crippen MR) is 160 cm³/mol. The lowest BCUT2D eigenvalue weighted by molar-refractivity contribution is -0.127. The Morgan fingerprint density at radius 2 is 1.90 bits per heavy atom. The van der Waals surface area contributed by atoms with Crippen LogP contribution in [0.3, 0.4) is 0 Å². The van der Waals surface area contributed by atoms with Gasteiger partial charge in [0.05, 0.1) is 30.0 Å². The van der Waals surface area contributed by atoms with E-state index in [1.165, 1.54) is 11.3 Å². The van der Waals surface area contributed by atoms with E-state index in [-0.39, 0.29) is 11.5 Å². The van der Waals surface area contributed by atoms with Gasteiger partial charge in [-0.15, -0.1) is 0 Å². The summed E-state index contributed by atoms with van der Waals surface area (Å²) in [5.74, 6) is 2.07. The Kier molecular flexibility index (Phi) is 8.19. The Hall–Kier alpha value is -4.08. The topological polar surface area (TPSA) is 86.3 Å². The molecule has 0 saturated carbocycles. The molecule has 0 unspecified atom stereocenters. The van der Waals surface area contributed by atoms with Crippen molar-refractivity contribution < 1.29 is 18.7 Å². The number of benzene rings is 2. The molecule has 4 aromatic rings. The van der Waals surface area contributed by atoms with Crippen LogP contribution in [-0.4, -0.2) is 42.7 Å². The zero-order valence-electron chi connectivity index (χ0n) is 23.4. The van der Waals surface area contributed by atoms with Gasteiger partial charge in [0, 0.05) is 35.3 Å². The van der Waals surface area contributed by atoms with Gasteiger partial charge in [-0.25, -0.2) is 4.99 Å². The second-order valence-corrected chi connectivity index (χ2v) is 10.8. The van der Waals surface area contributed by atoms with Crippen molar-refractivity contribution >= 4 is 34.9 Å². The zero-order valence-corrected chi connectivity index (χ0v) is 25.0. The van der Waals surface area contributed by atoms with Gasteiger partial charge in [-0.1, -0.05) is 35.1 Å². The highest BCUT2D eigenvalue weighted by Gasteiger charge is 2.36. The highest BCUT2D eigenvalue weighted by Crippen LogP contribution is 2.38. The summed E-state index contributed by atoms with van der Waals surface area (Å²) in [6.45, 7) is 6.69. The van der Waals surface area contributed by atoms with Crippen molar-refractivity contribution in [1.82, 2.24) is 9.47 Å². The fraction of sp³-hybridized carbons (Fsp3) is 0.258. The molecule has 1 amide bonds. The number of allylic oxidation sites excluding steroid dienone is 1. The standard InChI is InChI=1S/C31H30ClN3O5S/c1-6-34(7-2)30(37)27-18(3)33-31-35(28(27)23-16-21(38-4)11-14-25(23)39-5)29(36)26(41-31)17-22-12-13-24(40-22)19-9-8-10-20(32)15-19/h8-17,28H,6-7H2,1-5H3/b26-17+/t28-/m0/s1. The van der Waals surface area contributed by atoms with Crippen LogP contribution in [0.4, 0.5) is 0 Å². The number of ether oxygens (including phenoxy) is 2. The number of furan rings is 1. The number of fused-ring (bicyclic) bond motifs is 1. The molecule has 1 atom stereocenters. The number of carbonyl (C=O) groups is 1. The van der Waals surface area contributed by atoms with Crippen LogP contribution in [0.15, 0.2) is 80.1 Å². The van der Waals surface area contributed by atoms with E-state index in [9.17, 15) is 9.59 Å². The maximum atomic E-state index is 14.1. The molecular weight excluding hydrogens is 562 g/mol. The average molecular weight is 592 g/mol. The van der Waals surface area contributed by atoms with E-state index in [2.05, 4.69) is 0 Å². The van der Waals surface area contributed by atoms with Crippen LogP contribution in [-0.2, 0) is 4.79 Å². The molecule has 41 heavy (non-hydrogen) atoms. The van der Waals surface area contributed by atoms with Crippen molar-refractivity contribution in [1.29, 1.82) is 0 Å². The number of methoxy groups -OCH3 is 2. The number of carbonyl (C=O) groups excluding carboxylic acids is 1. The summed E-state index contributed by atoms with van der Waals surface area (Å²) in [6, 6.07) is 15.6.